The third kappa shape index (κ3) is 4.68. The minimum Gasteiger partial charge on any atom is -0.450 e. The van der Waals surface area contributed by atoms with Crippen LogP contribution in [0.5, 0.6) is 23.0 Å². The van der Waals surface area contributed by atoms with Crippen molar-refractivity contribution < 1.29 is 9.47 Å². The van der Waals surface area contributed by atoms with Crippen LogP contribution < -0.4 is 9.47 Å². The van der Waals surface area contributed by atoms with Gasteiger partial charge >= 0.3 is 0 Å². The lowest BCUT2D eigenvalue weighted by Crippen LogP contribution is -2.27. The Kier molecular flexibility index (Phi) is 6.81. The van der Waals surface area contributed by atoms with Crippen LogP contribution in [0.2, 0.25) is 0 Å². The molecular formula is C53H32N2O2. The van der Waals surface area contributed by atoms with Crippen LogP contribution in [0, 0.1) is 0 Å². The molecule has 57 heavy (non-hydrogen) atoms. The summed E-state index contributed by atoms with van der Waals surface area (Å²) in [5.41, 5.74) is 16.1. The molecule has 0 N–H and O–H groups in total. The summed E-state index contributed by atoms with van der Waals surface area (Å²) in [6.07, 6.45) is 0. The Bertz CT molecular complexity index is 2980. The van der Waals surface area contributed by atoms with Crippen molar-refractivity contribution in [3.63, 3.8) is 0 Å². The van der Waals surface area contributed by atoms with E-state index in [0.717, 1.165) is 73.3 Å². The first kappa shape index (κ1) is 31.8. The Hall–Kier alpha value is -7.56. The molecule has 0 bridgehead atoms. The van der Waals surface area contributed by atoms with E-state index in [4.69, 9.17) is 19.4 Å². The molecule has 1 spiro atoms. The van der Waals surface area contributed by atoms with Gasteiger partial charge in [0, 0.05) is 22.3 Å². The number of ether oxygens (including phenoxy) is 2. The standard InChI is InChI=1S/C53H32N2O2/c1-3-14-33(15-4-1)45-32-46(55-52(54-45)34-16-5-2-6-17-34)37-19-13-18-35(30-37)36-26-27-40-41-28-29-49-51(57-48-25-12-11-24-47(48)56-49)50(41)53(44(40)31-36)42-22-9-7-20-38(42)39-21-8-10-23-43(39)53/h1-32H. The molecule has 0 radical (unpaired) electrons. The van der Waals surface area contributed by atoms with Crippen molar-refractivity contribution in [3.8, 4) is 90.3 Å². The molecule has 4 heteroatoms. The molecule has 2 aliphatic carbocycles. The number of benzene rings is 8. The van der Waals surface area contributed by atoms with Crippen molar-refractivity contribution in [2.75, 3.05) is 0 Å². The zero-order chi connectivity index (χ0) is 37.5. The number of hydrogen-bond donors (Lipinski definition) is 0. The summed E-state index contributed by atoms with van der Waals surface area (Å²) >= 11 is 0. The Morgan fingerprint density at radius 1 is 0.333 bits per heavy atom. The molecule has 3 aliphatic rings. The highest BCUT2D eigenvalue weighted by Crippen LogP contribution is 2.67. The maximum absolute atomic E-state index is 6.89. The average Bonchev–Trinajstić information content (AvgIpc) is 3.76. The number of rotatable bonds is 4. The van der Waals surface area contributed by atoms with Gasteiger partial charge in [-0.05, 0) is 86.5 Å². The second-order valence-corrected chi connectivity index (χ2v) is 14.8. The largest absolute Gasteiger partial charge is 0.450 e. The summed E-state index contributed by atoms with van der Waals surface area (Å²) in [4.78, 5) is 10.2. The summed E-state index contributed by atoms with van der Waals surface area (Å²) in [6, 6.07) is 68.2. The Balaban J connectivity index is 1.06. The highest BCUT2D eigenvalue weighted by atomic mass is 16.6. The molecule has 4 nitrogen and oxygen atoms in total. The van der Waals surface area contributed by atoms with Gasteiger partial charge in [0.1, 0.15) is 0 Å². The van der Waals surface area contributed by atoms with Crippen LogP contribution >= 0.6 is 0 Å². The van der Waals surface area contributed by atoms with Crippen LogP contribution in [0.25, 0.3) is 67.3 Å². The van der Waals surface area contributed by atoms with Crippen molar-refractivity contribution in [2.24, 2.45) is 0 Å². The smallest absolute Gasteiger partial charge is 0.175 e. The van der Waals surface area contributed by atoms with Gasteiger partial charge in [-0.15, -0.1) is 0 Å². The minimum atomic E-state index is -0.631. The van der Waals surface area contributed by atoms with Gasteiger partial charge in [-0.2, -0.15) is 0 Å². The Labute approximate surface area is 330 Å². The lowest BCUT2D eigenvalue weighted by Gasteiger charge is -2.33. The quantitative estimate of drug-likeness (QED) is 0.181. The average molecular weight is 729 g/mol. The van der Waals surface area contributed by atoms with E-state index in [9.17, 15) is 0 Å². The van der Waals surface area contributed by atoms with Gasteiger partial charge in [-0.3, -0.25) is 0 Å². The first-order valence-corrected chi connectivity index (χ1v) is 19.3. The van der Waals surface area contributed by atoms with E-state index in [2.05, 4.69) is 133 Å². The van der Waals surface area contributed by atoms with Crippen molar-refractivity contribution >= 4 is 0 Å². The molecule has 9 aromatic rings. The van der Waals surface area contributed by atoms with Crippen LogP contribution in [-0.4, -0.2) is 9.97 Å². The molecule has 1 aliphatic heterocycles. The zero-order valence-electron chi connectivity index (χ0n) is 30.7. The van der Waals surface area contributed by atoms with E-state index >= 15 is 0 Å². The summed E-state index contributed by atoms with van der Waals surface area (Å²) in [7, 11) is 0. The lowest BCUT2D eigenvalue weighted by atomic mass is 9.70. The van der Waals surface area contributed by atoms with Gasteiger partial charge in [-0.25, -0.2) is 9.97 Å². The molecule has 0 fully saturated rings. The third-order valence-electron chi connectivity index (χ3n) is 11.8. The predicted octanol–water partition coefficient (Wildman–Crippen LogP) is 13.4. The molecule has 0 saturated carbocycles. The predicted molar refractivity (Wildman–Crippen MR) is 227 cm³/mol. The summed E-state index contributed by atoms with van der Waals surface area (Å²) in [5, 5.41) is 0. The fourth-order valence-electron chi connectivity index (χ4n) is 9.31. The maximum Gasteiger partial charge on any atom is 0.175 e. The molecule has 2 heterocycles. The van der Waals surface area contributed by atoms with E-state index in [-0.39, 0.29) is 0 Å². The van der Waals surface area contributed by atoms with E-state index in [1.165, 1.54) is 33.4 Å². The van der Waals surface area contributed by atoms with Crippen LogP contribution in [0.3, 0.4) is 0 Å². The molecule has 0 amide bonds. The van der Waals surface area contributed by atoms with Crippen LogP contribution in [0.4, 0.5) is 0 Å². The Morgan fingerprint density at radius 3 is 1.61 bits per heavy atom. The molecule has 266 valence electrons. The second-order valence-electron chi connectivity index (χ2n) is 14.8. The minimum absolute atomic E-state index is 0.631. The summed E-state index contributed by atoms with van der Waals surface area (Å²) < 4.78 is 13.5. The number of aromatic nitrogens is 2. The van der Waals surface area contributed by atoms with E-state index in [0.29, 0.717) is 5.82 Å². The van der Waals surface area contributed by atoms with Crippen molar-refractivity contribution in [3.05, 3.63) is 216 Å². The second kappa shape index (κ2) is 12.2. The van der Waals surface area contributed by atoms with Crippen molar-refractivity contribution in [1.29, 1.82) is 0 Å². The first-order chi connectivity index (χ1) is 28.2. The van der Waals surface area contributed by atoms with E-state index < -0.39 is 5.41 Å². The van der Waals surface area contributed by atoms with E-state index in [1.54, 1.807) is 0 Å². The summed E-state index contributed by atoms with van der Waals surface area (Å²) in [6.45, 7) is 0. The molecule has 0 unspecified atom stereocenters. The molecule has 8 aromatic carbocycles. The van der Waals surface area contributed by atoms with Crippen LogP contribution in [-0.2, 0) is 5.41 Å². The van der Waals surface area contributed by atoms with Gasteiger partial charge in [0.2, 0.25) is 0 Å². The normalized spacial score (nSPS) is 13.3. The number of fused-ring (bicyclic) bond motifs is 13. The zero-order valence-corrected chi connectivity index (χ0v) is 30.7. The highest BCUT2D eigenvalue weighted by molar-refractivity contribution is 5.98. The van der Waals surface area contributed by atoms with Crippen molar-refractivity contribution in [1.82, 2.24) is 9.97 Å². The molecule has 12 rings (SSSR count). The van der Waals surface area contributed by atoms with Gasteiger partial charge in [0.05, 0.1) is 16.8 Å². The molecule has 0 atom stereocenters. The van der Waals surface area contributed by atoms with Gasteiger partial charge in [0.15, 0.2) is 28.8 Å². The van der Waals surface area contributed by atoms with Gasteiger partial charge in [-0.1, -0.05) is 158 Å². The highest BCUT2D eigenvalue weighted by Gasteiger charge is 2.54. The molecule has 1 aromatic heterocycles. The third-order valence-corrected chi connectivity index (χ3v) is 11.8. The lowest BCUT2D eigenvalue weighted by molar-refractivity contribution is 0.354. The molecule has 0 saturated heterocycles. The Morgan fingerprint density at radius 2 is 0.877 bits per heavy atom. The fourth-order valence-corrected chi connectivity index (χ4v) is 9.31. The summed E-state index contributed by atoms with van der Waals surface area (Å²) in [5.74, 6) is 3.63. The SMILES string of the molecule is c1ccc(-c2cc(-c3cccc(-c4ccc5c(c4)C4(c6ccccc6-c6ccccc64)c4c-5ccc5c4Oc4ccccc4O5)c3)nc(-c3ccccc3)n2)cc1. The van der Waals surface area contributed by atoms with Gasteiger partial charge in [0.25, 0.3) is 0 Å². The van der Waals surface area contributed by atoms with Gasteiger partial charge < -0.3 is 9.47 Å². The number of nitrogens with zero attached hydrogens (tertiary/aromatic N) is 2. The monoisotopic (exact) mass is 728 g/mol. The maximum atomic E-state index is 6.89. The van der Waals surface area contributed by atoms with Crippen LogP contribution in [0.1, 0.15) is 22.3 Å². The molecular weight excluding hydrogens is 697 g/mol. The van der Waals surface area contributed by atoms with Crippen LogP contribution in [0.15, 0.2) is 194 Å². The topological polar surface area (TPSA) is 44.2 Å². The first-order valence-electron chi connectivity index (χ1n) is 19.3. The van der Waals surface area contributed by atoms with Crippen molar-refractivity contribution in [2.45, 2.75) is 5.41 Å². The number of para-hydroxylation sites is 2. The fraction of sp³-hybridized carbons (Fsp3) is 0.0189. The number of hydrogen-bond acceptors (Lipinski definition) is 4. The van der Waals surface area contributed by atoms with E-state index in [1.807, 2.05) is 60.7 Å².